The van der Waals surface area contributed by atoms with Gasteiger partial charge in [0.25, 0.3) is 0 Å². The van der Waals surface area contributed by atoms with Crippen LogP contribution in [0.25, 0.3) is 0 Å². The van der Waals surface area contributed by atoms with Gasteiger partial charge in [0.05, 0.1) is 19.8 Å². The predicted octanol–water partition coefficient (Wildman–Crippen LogP) is 0.740. The van der Waals surface area contributed by atoms with E-state index in [0.29, 0.717) is 0 Å². The summed E-state index contributed by atoms with van der Waals surface area (Å²) in [5.41, 5.74) is 0. The highest BCUT2D eigenvalue weighted by atomic mass is 32.1. The van der Waals surface area contributed by atoms with Crippen LogP contribution in [0.15, 0.2) is 18.7 Å². The maximum Gasteiger partial charge on any atom is 0.243 e. The minimum atomic E-state index is 1.15. The van der Waals surface area contributed by atoms with Crippen molar-refractivity contribution < 1.29 is 4.57 Å². The van der Waals surface area contributed by atoms with Crippen LogP contribution < -0.4 is 4.57 Å². The maximum absolute atomic E-state index is 2.97. The number of aromatic nitrogens is 2. The molecule has 0 saturated carbocycles. The summed E-state index contributed by atoms with van der Waals surface area (Å²) in [6.07, 6.45) is 10.6. The smallest absolute Gasteiger partial charge is 0.240 e. The van der Waals surface area contributed by atoms with Gasteiger partial charge in [-0.25, -0.2) is 9.13 Å². The van der Waals surface area contributed by atoms with Crippen LogP contribution in [0.3, 0.4) is 0 Å². The fourth-order valence-corrected chi connectivity index (χ4v) is 0.975. The van der Waals surface area contributed by atoms with E-state index in [4.69, 9.17) is 0 Å². The SMILES string of the molecule is CCCCn1cc[n+](C)c1.C[SH2+]. The third-order valence-electron chi connectivity index (χ3n) is 1.59. The molecule has 0 unspecified atom stereocenters. The first-order valence-corrected chi connectivity index (χ1v) is 5.34. The molecule has 70 valence electrons. The Labute approximate surface area is 80.6 Å². The van der Waals surface area contributed by atoms with E-state index >= 15 is 0 Å². The van der Waals surface area contributed by atoms with Gasteiger partial charge in [0, 0.05) is 0 Å². The van der Waals surface area contributed by atoms with Crippen LogP contribution in [0, 0.1) is 0 Å². The van der Waals surface area contributed by atoms with E-state index in [1.54, 1.807) is 6.26 Å². The van der Waals surface area contributed by atoms with Crippen molar-refractivity contribution in [1.82, 2.24) is 4.57 Å². The zero-order chi connectivity index (χ0) is 9.40. The molecular formula is C9H20N2S+2. The van der Waals surface area contributed by atoms with E-state index in [-0.39, 0.29) is 0 Å². The molecule has 0 spiro atoms. The summed E-state index contributed by atoms with van der Waals surface area (Å²) < 4.78 is 4.28. The highest BCUT2D eigenvalue weighted by molar-refractivity contribution is 7.57. The first-order chi connectivity index (χ1) is 5.83. The number of rotatable bonds is 3. The van der Waals surface area contributed by atoms with E-state index in [1.807, 2.05) is 7.05 Å². The van der Waals surface area contributed by atoms with Gasteiger partial charge in [-0.15, -0.1) is 0 Å². The van der Waals surface area contributed by atoms with E-state index in [9.17, 15) is 0 Å². The Kier molecular flexibility index (Phi) is 6.96. The van der Waals surface area contributed by atoms with Crippen molar-refractivity contribution in [1.29, 1.82) is 0 Å². The molecule has 0 radical (unpaired) electrons. The van der Waals surface area contributed by atoms with Gasteiger partial charge >= 0.3 is 0 Å². The van der Waals surface area contributed by atoms with Crippen LogP contribution in [0.5, 0.6) is 0 Å². The fourth-order valence-electron chi connectivity index (χ4n) is 0.975. The zero-order valence-corrected chi connectivity index (χ0v) is 9.25. The third-order valence-corrected chi connectivity index (χ3v) is 1.59. The molecular weight excluding hydrogens is 168 g/mol. The summed E-state index contributed by atoms with van der Waals surface area (Å²) in [7, 11) is 2.04. The first-order valence-electron chi connectivity index (χ1n) is 4.34. The molecule has 0 fully saturated rings. The lowest BCUT2D eigenvalue weighted by atomic mass is 10.3. The summed E-state index contributed by atoms with van der Waals surface area (Å²) in [5.74, 6) is 0. The Morgan fingerprint density at radius 3 is 2.50 bits per heavy atom. The Hall–Kier alpha value is -0.440. The molecule has 0 aliphatic rings. The van der Waals surface area contributed by atoms with Crippen molar-refractivity contribution >= 4 is 12.6 Å². The lowest BCUT2D eigenvalue weighted by Gasteiger charge is -1.90. The van der Waals surface area contributed by atoms with Crippen molar-refractivity contribution in [2.24, 2.45) is 7.05 Å². The van der Waals surface area contributed by atoms with Crippen LogP contribution in [0.2, 0.25) is 0 Å². The van der Waals surface area contributed by atoms with Gasteiger partial charge < -0.3 is 0 Å². The second-order valence-electron chi connectivity index (χ2n) is 2.67. The lowest BCUT2D eigenvalue weighted by Crippen LogP contribution is -2.23. The molecule has 0 aromatic carbocycles. The monoisotopic (exact) mass is 188 g/mol. The molecule has 0 atom stereocenters. The highest BCUT2D eigenvalue weighted by Crippen LogP contribution is 1.91. The van der Waals surface area contributed by atoms with Gasteiger partial charge in [-0.1, -0.05) is 13.3 Å². The summed E-state index contributed by atoms with van der Waals surface area (Å²) in [6, 6.07) is 0. The molecule has 3 heteroatoms. The van der Waals surface area contributed by atoms with Crippen LogP contribution in [-0.4, -0.2) is 10.8 Å². The second-order valence-corrected chi connectivity index (χ2v) is 2.67. The minimum absolute atomic E-state index is 1.15. The van der Waals surface area contributed by atoms with Gasteiger partial charge in [0.15, 0.2) is 0 Å². The molecule has 0 aliphatic heterocycles. The predicted molar refractivity (Wildman–Crippen MR) is 56.6 cm³/mol. The van der Waals surface area contributed by atoms with E-state index < -0.39 is 0 Å². The van der Waals surface area contributed by atoms with Crippen molar-refractivity contribution in [2.45, 2.75) is 26.3 Å². The third kappa shape index (κ3) is 4.44. The lowest BCUT2D eigenvalue weighted by molar-refractivity contribution is -0.671. The molecule has 0 bridgehead atoms. The van der Waals surface area contributed by atoms with Gasteiger partial charge in [0.1, 0.15) is 12.4 Å². The van der Waals surface area contributed by atoms with Crippen molar-refractivity contribution in [3.63, 3.8) is 0 Å². The molecule has 0 amide bonds. The van der Waals surface area contributed by atoms with Crippen LogP contribution in [0.1, 0.15) is 19.8 Å². The summed E-state index contributed by atoms with van der Waals surface area (Å²) in [5, 5.41) is 0. The second kappa shape index (κ2) is 7.22. The quantitative estimate of drug-likeness (QED) is 0.489. The van der Waals surface area contributed by atoms with Crippen molar-refractivity contribution in [3.05, 3.63) is 18.7 Å². The van der Waals surface area contributed by atoms with Crippen LogP contribution in [-0.2, 0) is 26.2 Å². The molecule has 1 aromatic rings. The fraction of sp³-hybridized carbons (Fsp3) is 0.667. The number of nitrogens with zero attached hydrogens (tertiary/aromatic N) is 2. The molecule has 0 saturated heterocycles. The van der Waals surface area contributed by atoms with Crippen LogP contribution >= 0.6 is 0 Å². The molecule has 1 aromatic heterocycles. The van der Waals surface area contributed by atoms with Crippen molar-refractivity contribution in [2.75, 3.05) is 6.26 Å². The number of imidazole rings is 1. The topological polar surface area (TPSA) is 8.81 Å². The summed E-state index contributed by atoms with van der Waals surface area (Å²) >= 11 is 2.97. The molecule has 1 heterocycles. The largest absolute Gasteiger partial charge is 0.243 e. The average molecular weight is 188 g/mol. The van der Waals surface area contributed by atoms with Gasteiger partial charge in [-0.2, -0.15) is 0 Å². The van der Waals surface area contributed by atoms with Gasteiger partial charge in [-0.3, -0.25) is 0 Å². The van der Waals surface area contributed by atoms with E-state index in [0.717, 1.165) is 6.54 Å². The number of aryl methyl sites for hydroxylation is 2. The molecule has 2 nitrogen and oxygen atoms in total. The molecule has 0 N–H and O–H groups in total. The normalized spacial score (nSPS) is 9.00. The van der Waals surface area contributed by atoms with Crippen molar-refractivity contribution in [3.8, 4) is 0 Å². The molecule has 0 aliphatic carbocycles. The Morgan fingerprint density at radius 2 is 2.08 bits per heavy atom. The van der Waals surface area contributed by atoms with E-state index in [2.05, 4.69) is 47.4 Å². The zero-order valence-electron chi connectivity index (χ0n) is 8.25. The summed E-state index contributed by atoms with van der Waals surface area (Å²) in [6.45, 7) is 3.36. The highest BCUT2D eigenvalue weighted by Gasteiger charge is 1.96. The first kappa shape index (κ1) is 11.6. The average Bonchev–Trinajstić information content (AvgIpc) is 2.51. The standard InChI is InChI=1S/C8H15N2.CH4S/c1-3-4-5-10-7-6-9(2)8-10;1-2/h6-8H,3-5H2,1-2H3;2H,1H3/q+1;/p+1. The molecule has 1 rings (SSSR count). The number of hydrogen-bond donors (Lipinski definition) is 0. The number of unbranched alkanes of at least 4 members (excludes halogenated alkanes) is 1. The Bertz CT molecular complexity index is 196. The van der Waals surface area contributed by atoms with Crippen LogP contribution in [0.4, 0.5) is 0 Å². The Morgan fingerprint density at radius 1 is 1.42 bits per heavy atom. The van der Waals surface area contributed by atoms with E-state index in [1.165, 1.54) is 12.8 Å². The minimum Gasteiger partial charge on any atom is -0.240 e. The summed E-state index contributed by atoms with van der Waals surface area (Å²) in [4.78, 5) is 0. The van der Waals surface area contributed by atoms with Gasteiger partial charge in [0.2, 0.25) is 6.33 Å². The maximum atomic E-state index is 2.97. The molecule has 12 heavy (non-hydrogen) atoms. The number of hydrogen-bond acceptors (Lipinski definition) is 0. The Balaban J connectivity index is 0.000000561. The van der Waals surface area contributed by atoms with Gasteiger partial charge in [-0.05, 0) is 19.0 Å².